The Hall–Kier alpha value is -2.47. The number of carbonyl (C=O) groups is 1. The number of halogens is 3. The summed E-state index contributed by atoms with van der Waals surface area (Å²) in [5.41, 5.74) is 1.60. The third kappa shape index (κ3) is 2.90. The van der Waals surface area contributed by atoms with Crippen molar-refractivity contribution in [3.05, 3.63) is 64.6 Å². The molecule has 1 amide bonds. The monoisotopic (exact) mass is 335 g/mol. The van der Waals surface area contributed by atoms with Crippen molar-refractivity contribution < 1.29 is 13.6 Å². The molecule has 7 heteroatoms. The average Bonchev–Trinajstić information content (AvgIpc) is 2.88. The maximum absolute atomic E-state index is 13.5. The number of hydrogen-bond acceptors (Lipinski definition) is 2. The van der Waals surface area contributed by atoms with E-state index < -0.39 is 17.5 Å². The van der Waals surface area contributed by atoms with Gasteiger partial charge in [-0.15, -0.1) is 0 Å². The second kappa shape index (κ2) is 5.96. The van der Waals surface area contributed by atoms with Crippen LogP contribution in [0.4, 0.5) is 14.5 Å². The van der Waals surface area contributed by atoms with Crippen LogP contribution in [0.3, 0.4) is 0 Å². The van der Waals surface area contributed by atoms with Gasteiger partial charge in [-0.25, -0.2) is 13.8 Å². The van der Waals surface area contributed by atoms with E-state index in [9.17, 15) is 13.6 Å². The zero-order chi connectivity index (χ0) is 16.6. The van der Waals surface area contributed by atoms with Crippen molar-refractivity contribution in [3.8, 4) is 0 Å². The lowest BCUT2D eigenvalue weighted by Gasteiger charge is -2.07. The van der Waals surface area contributed by atoms with Crippen molar-refractivity contribution >= 4 is 28.8 Å². The van der Waals surface area contributed by atoms with Crippen LogP contribution in [-0.4, -0.2) is 15.3 Å². The summed E-state index contributed by atoms with van der Waals surface area (Å²) in [5.74, 6) is -1.52. The van der Waals surface area contributed by atoms with Crippen LogP contribution in [0.2, 0.25) is 5.02 Å². The third-order valence-corrected chi connectivity index (χ3v) is 3.67. The lowest BCUT2D eigenvalue weighted by atomic mass is 10.2. The molecule has 3 rings (SSSR count). The Morgan fingerprint density at radius 2 is 2.09 bits per heavy atom. The van der Waals surface area contributed by atoms with Crippen molar-refractivity contribution in [2.45, 2.75) is 13.3 Å². The summed E-state index contributed by atoms with van der Waals surface area (Å²) in [5, 5.41) is 2.53. The SMILES string of the molecule is CCc1nc2ccc(F)cn2c1C(=O)Nc1ccc(F)c(Cl)c1. The summed E-state index contributed by atoms with van der Waals surface area (Å²) in [4.78, 5) is 16.9. The summed E-state index contributed by atoms with van der Waals surface area (Å²) in [6.07, 6.45) is 1.71. The number of aromatic nitrogens is 2. The Morgan fingerprint density at radius 3 is 2.78 bits per heavy atom. The van der Waals surface area contributed by atoms with Crippen LogP contribution < -0.4 is 5.32 Å². The molecule has 23 heavy (non-hydrogen) atoms. The number of nitrogens with zero attached hydrogens (tertiary/aromatic N) is 2. The van der Waals surface area contributed by atoms with Gasteiger partial charge in [0.1, 0.15) is 23.0 Å². The quantitative estimate of drug-likeness (QED) is 0.784. The molecule has 0 atom stereocenters. The molecule has 0 saturated carbocycles. The minimum absolute atomic E-state index is 0.0947. The van der Waals surface area contributed by atoms with Crippen molar-refractivity contribution in [2.24, 2.45) is 0 Å². The molecule has 2 heterocycles. The van der Waals surface area contributed by atoms with Gasteiger partial charge in [0.15, 0.2) is 0 Å². The van der Waals surface area contributed by atoms with Crippen molar-refractivity contribution in [1.82, 2.24) is 9.38 Å². The number of amides is 1. The molecule has 0 radical (unpaired) electrons. The van der Waals surface area contributed by atoms with Gasteiger partial charge in [0.2, 0.25) is 0 Å². The molecule has 0 aliphatic carbocycles. The van der Waals surface area contributed by atoms with E-state index in [1.54, 1.807) is 0 Å². The van der Waals surface area contributed by atoms with Gasteiger partial charge in [0.05, 0.1) is 10.7 Å². The Labute approximate surface area is 135 Å². The molecule has 0 aliphatic heterocycles. The first-order chi connectivity index (χ1) is 11.0. The number of aryl methyl sites for hydroxylation is 1. The molecule has 4 nitrogen and oxygen atoms in total. The highest BCUT2D eigenvalue weighted by Gasteiger charge is 2.19. The minimum atomic E-state index is -0.573. The van der Waals surface area contributed by atoms with Crippen LogP contribution in [0.25, 0.3) is 5.65 Å². The fourth-order valence-corrected chi connectivity index (χ4v) is 2.50. The van der Waals surface area contributed by atoms with E-state index in [0.29, 0.717) is 23.4 Å². The molecule has 3 aromatic rings. The maximum Gasteiger partial charge on any atom is 0.274 e. The first-order valence-corrected chi connectivity index (χ1v) is 7.30. The first-order valence-electron chi connectivity index (χ1n) is 6.92. The summed E-state index contributed by atoms with van der Waals surface area (Å²) in [6.45, 7) is 1.85. The summed E-state index contributed by atoms with van der Waals surface area (Å²) in [6, 6.07) is 6.65. The van der Waals surface area contributed by atoms with Crippen LogP contribution in [0.1, 0.15) is 23.1 Å². The predicted molar refractivity (Wildman–Crippen MR) is 83.9 cm³/mol. The lowest BCUT2D eigenvalue weighted by Crippen LogP contribution is -2.16. The number of anilines is 1. The van der Waals surface area contributed by atoms with E-state index in [-0.39, 0.29) is 10.7 Å². The number of carbonyl (C=O) groups excluding carboxylic acids is 1. The zero-order valence-corrected chi connectivity index (χ0v) is 12.9. The van der Waals surface area contributed by atoms with Gasteiger partial charge in [0.25, 0.3) is 5.91 Å². The maximum atomic E-state index is 13.5. The van der Waals surface area contributed by atoms with Crippen LogP contribution in [0.5, 0.6) is 0 Å². The third-order valence-electron chi connectivity index (χ3n) is 3.38. The normalized spacial score (nSPS) is 11.0. The highest BCUT2D eigenvalue weighted by Crippen LogP contribution is 2.21. The number of benzene rings is 1. The van der Waals surface area contributed by atoms with E-state index in [4.69, 9.17) is 11.6 Å². The zero-order valence-electron chi connectivity index (χ0n) is 12.1. The highest BCUT2D eigenvalue weighted by atomic mass is 35.5. The number of hydrogen-bond donors (Lipinski definition) is 1. The Bertz CT molecular complexity index is 908. The largest absolute Gasteiger partial charge is 0.321 e. The van der Waals surface area contributed by atoms with Gasteiger partial charge in [-0.2, -0.15) is 0 Å². The number of imidazole rings is 1. The van der Waals surface area contributed by atoms with Gasteiger partial charge in [-0.1, -0.05) is 18.5 Å². The van der Waals surface area contributed by atoms with E-state index in [1.165, 1.54) is 34.9 Å². The molecule has 0 aliphatic rings. The van der Waals surface area contributed by atoms with Gasteiger partial charge >= 0.3 is 0 Å². The topological polar surface area (TPSA) is 46.4 Å². The number of rotatable bonds is 3. The lowest BCUT2D eigenvalue weighted by molar-refractivity contribution is 0.102. The molecule has 0 spiro atoms. The van der Waals surface area contributed by atoms with Crippen molar-refractivity contribution in [1.29, 1.82) is 0 Å². The fourth-order valence-electron chi connectivity index (χ4n) is 2.32. The van der Waals surface area contributed by atoms with E-state index >= 15 is 0 Å². The molecular formula is C16H12ClF2N3O. The van der Waals surface area contributed by atoms with E-state index in [2.05, 4.69) is 10.3 Å². The second-order valence-electron chi connectivity index (χ2n) is 4.92. The van der Waals surface area contributed by atoms with Crippen molar-refractivity contribution in [3.63, 3.8) is 0 Å². The molecule has 118 valence electrons. The van der Waals surface area contributed by atoms with Crippen LogP contribution in [-0.2, 0) is 6.42 Å². The summed E-state index contributed by atoms with van der Waals surface area (Å²) >= 11 is 5.70. The molecule has 1 N–H and O–H groups in total. The second-order valence-corrected chi connectivity index (χ2v) is 5.33. The predicted octanol–water partition coefficient (Wildman–Crippen LogP) is 4.08. The van der Waals surface area contributed by atoms with Crippen molar-refractivity contribution in [2.75, 3.05) is 5.32 Å². The Kier molecular flexibility index (Phi) is 4.00. The Balaban J connectivity index is 2.02. The summed E-state index contributed by atoms with van der Waals surface area (Å²) in [7, 11) is 0. The van der Waals surface area contributed by atoms with Crippen LogP contribution >= 0.6 is 11.6 Å². The molecule has 0 saturated heterocycles. The molecule has 1 aromatic carbocycles. The minimum Gasteiger partial charge on any atom is -0.321 e. The molecular weight excluding hydrogens is 324 g/mol. The fraction of sp³-hybridized carbons (Fsp3) is 0.125. The van der Waals surface area contributed by atoms with Gasteiger partial charge in [-0.3, -0.25) is 9.20 Å². The smallest absolute Gasteiger partial charge is 0.274 e. The Morgan fingerprint density at radius 1 is 1.30 bits per heavy atom. The average molecular weight is 336 g/mol. The van der Waals surface area contributed by atoms with Crippen LogP contribution in [0.15, 0.2) is 36.5 Å². The van der Waals surface area contributed by atoms with Gasteiger partial charge < -0.3 is 5.32 Å². The van der Waals surface area contributed by atoms with E-state index in [1.807, 2.05) is 6.92 Å². The molecule has 2 aromatic heterocycles. The van der Waals surface area contributed by atoms with Gasteiger partial charge in [-0.05, 0) is 36.8 Å². The van der Waals surface area contributed by atoms with Crippen LogP contribution in [0, 0.1) is 11.6 Å². The van der Waals surface area contributed by atoms with Gasteiger partial charge in [0, 0.05) is 11.9 Å². The standard InChI is InChI=1S/C16H12ClF2N3O/c1-2-13-15(22-8-9(18)3-6-14(22)21-13)16(23)20-10-4-5-12(19)11(17)7-10/h3-8H,2H2,1H3,(H,20,23). The molecule has 0 fully saturated rings. The number of nitrogens with one attached hydrogen (secondary N) is 1. The molecule has 0 bridgehead atoms. The first kappa shape index (κ1) is 15.4. The number of pyridine rings is 1. The highest BCUT2D eigenvalue weighted by molar-refractivity contribution is 6.31. The number of fused-ring (bicyclic) bond motifs is 1. The molecule has 0 unspecified atom stereocenters. The van der Waals surface area contributed by atoms with E-state index in [0.717, 1.165) is 6.07 Å². The summed E-state index contributed by atoms with van der Waals surface area (Å²) < 4.78 is 28.1.